The number of nitrogens with zero attached hydrogens (tertiary/aromatic N) is 1. The van der Waals surface area contributed by atoms with Gasteiger partial charge in [0.25, 0.3) is 0 Å². The lowest BCUT2D eigenvalue weighted by atomic mass is 10.2. The zero-order chi connectivity index (χ0) is 12.1. The molecule has 0 aromatic rings. The lowest BCUT2D eigenvalue weighted by molar-refractivity contribution is -0.143. The average Bonchev–Trinajstić information content (AvgIpc) is 2.30. The van der Waals surface area contributed by atoms with Gasteiger partial charge in [0.15, 0.2) is 0 Å². The number of nitriles is 1. The molecule has 16 heavy (non-hydrogen) atoms. The molecule has 0 fully saturated rings. The standard InChI is InChI=1S/C12H21NO3/c1-2-3-7-12(14)16-11-5-4-9-15-10-6-8-13/h2-7,9-11H2,1H3. The van der Waals surface area contributed by atoms with Crippen LogP contribution in [-0.2, 0) is 14.3 Å². The van der Waals surface area contributed by atoms with Crippen LogP contribution < -0.4 is 0 Å². The first-order valence-electron chi connectivity index (χ1n) is 5.91. The Balaban J connectivity index is 3.09. The molecule has 0 saturated carbocycles. The second-order valence-electron chi connectivity index (χ2n) is 3.55. The number of hydrogen-bond acceptors (Lipinski definition) is 4. The minimum atomic E-state index is -0.104. The molecule has 0 atom stereocenters. The minimum Gasteiger partial charge on any atom is -0.466 e. The Labute approximate surface area is 97.5 Å². The summed E-state index contributed by atoms with van der Waals surface area (Å²) in [5.41, 5.74) is 0. The third kappa shape index (κ3) is 11.0. The van der Waals surface area contributed by atoms with Crippen molar-refractivity contribution in [2.75, 3.05) is 19.8 Å². The van der Waals surface area contributed by atoms with Gasteiger partial charge in [-0.2, -0.15) is 5.26 Å². The molecule has 0 radical (unpaired) electrons. The molecule has 0 saturated heterocycles. The topological polar surface area (TPSA) is 59.3 Å². The fraction of sp³-hybridized carbons (Fsp3) is 0.833. The molecule has 0 aliphatic rings. The summed E-state index contributed by atoms with van der Waals surface area (Å²) < 4.78 is 10.2. The van der Waals surface area contributed by atoms with Crippen molar-refractivity contribution >= 4 is 5.97 Å². The Bertz CT molecular complexity index is 211. The van der Waals surface area contributed by atoms with E-state index in [4.69, 9.17) is 14.7 Å². The summed E-state index contributed by atoms with van der Waals surface area (Å²) in [6, 6.07) is 2.01. The first kappa shape index (κ1) is 14.9. The quantitative estimate of drug-likeness (QED) is 0.425. The maximum absolute atomic E-state index is 11.1. The molecule has 0 heterocycles. The van der Waals surface area contributed by atoms with Crippen molar-refractivity contribution in [3.8, 4) is 6.07 Å². The number of hydrogen-bond donors (Lipinski definition) is 0. The monoisotopic (exact) mass is 227 g/mol. The molecule has 4 nitrogen and oxygen atoms in total. The van der Waals surface area contributed by atoms with Crippen LogP contribution in [0, 0.1) is 11.3 Å². The van der Waals surface area contributed by atoms with E-state index in [0.717, 1.165) is 25.7 Å². The highest BCUT2D eigenvalue weighted by Crippen LogP contribution is 1.98. The molecule has 0 unspecified atom stereocenters. The fourth-order valence-electron chi connectivity index (χ4n) is 1.11. The van der Waals surface area contributed by atoms with Crippen LogP contribution in [-0.4, -0.2) is 25.8 Å². The number of ether oxygens (including phenoxy) is 2. The van der Waals surface area contributed by atoms with Crippen LogP contribution in [0.25, 0.3) is 0 Å². The molecule has 0 aromatic heterocycles. The number of esters is 1. The van der Waals surface area contributed by atoms with E-state index in [-0.39, 0.29) is 5.97 Å². The van der Waals surface area contributed by atoms with Crippen molar-refractivity contribution in [3.05, 3.63) is 0 Å². The number of carbonyl (C=O) groups is 1. The molecule has 0 amide bonds. The molecule has 0 N–H and O–H groups in total. The van der Waals surface area contributed by atoms with Gasteiger partial charge in [-0.3, -0.25) is 4.79 Å². The van der Waals surface area contributed by atoms with Gasteiger partial charge >= 0.3 is 5.97 Å². The van der Waals surface area contributed by atoms with Gasteiger partial charge in [-0.05, 0) is 19.3 Å². The van der Waals surface area contributed by atoms with Gasteiger partial charge in [-0.25, -0.2) is 0 Å². The predicted molar refractivity (Wildman–Crippen MR) is 60.8 cm³/mol. The van der Waals surface area contributed by atoms with Crippen LogP contribution in [0.5, 0.6) is 0 Å². The van der Waals surface area contributed by atoms with Gasteiger partial charge < -0.3 is 9.47 Å². The van der Waals surface area contributed by atoms with Crippen molar-refractivity contribution in [1.82, 2.24) is 0 Å². The van der Waals surface area contributed by atoms with Crippen LogP contribution in [0.2, 0.25) is 0 Å². The SMILES string of the molecule is CCCCC(=O)OCCCCOCCC#N. The van der Waals surface area contributed by atoms with Crippen LogP contribution >= 0.6 is 0 Å². The second-order valence-corrected chi connectivity index (χ2v) is 3.55. The maximum atomic E-state index is 11.1. The third-order valence-corrected chi connectivity index (χ3v) is 2.04. The highest BCUT2D eigenvalue weighted by atomic mass is 16.5. The summed E-state index contributed by atoms with van der Waals surface area (Å²) >= 11 is 0. The van der Waals surface area contributed by atoms with Crippen LogP contribution in [0.15, 0.2) is 0 Å². The lowest BCUT2D eigenvalue weighted by Crippen LogP contribution is -2.06. The van der Waals surface area contributed by atoms with Crippen molar-refractivity contribution in [2.24, 2.45) is 0 Å². The highest BCUT2D eigenvalue weighted by Gasteiger charge is 2.00. The van der Waals surface area contributed by atoms with Crippen LogP contribution in [0.4, 0.5) is 0 Å². The molecule has 4 heteroatoms. The number of rotatable bonds is 10. The average molecular weight is 227 g/mol. The predicted octanol–water partition coefficient (Wildman–Crippen LogP) is 2.43. The normalized spacial score (nSPS) is 9.75. The van der Waals surface area contributed by atoms with Gasteiger partial charge in [0.05, 0.1) is 25.7 Å². The Morgan fingerprint density at radius 1 is 1.19 bits per heavy atom. The van der Waals surface area contributed by atoms with Gasteiger partial charge in [-0.15, -0.1) is 0 Å². The third-order valence-electron chi connectivity index (χ3n) is 2.04. The zero-order valence-electron chi connectivity index (χ0n) is 10.0. The van der Waals surface area contributed by atoms with E-state index < -0.39 is 0 Å². The molecule has 0 spiro atoms. The van der Waals surface area contributed by atoms with E-state index in [0.29, 0.717) is 32.7 Å². The molecule has 0 bridgehead atoms. The maximum Gasteiger partial charge on any atom is 0.305 e. The molecular weight excluding hydrogens is 206 g/mol. The van der Waals surface area contributed by atoms with E-state index in [1.165, 1.54) is 0 Å². The molecule has 0 aromatic carbocycles. The second kappa shape index (κ2) is 12.0. The van der Waals surface area contributed by atoms with Gasteiger partial charge in [-0.1, -0.05) is 13.3 Å². The summed E-state index contributed by atoms with van der Waals surface area (Å²) in [4.78, 5) is 11.1. The lowest BCUT2D eigenvalue weighted by Gasteiger charge is -2.04. The molecule has 0 rings (SSSR count). The van der Waals surface area contributed by atoms with Crippen molar-refractivity contribution in [3.63, 3.8) is 0 Å². The Kier molecular flexibility index (Phi) is 11.2. The van der Waals surface area contributed by atoms with Crippen molar-refractivity contribution < 1.29 is 14.3 Å². The highest BCUT2D eigenvalue weighted by molar-refractivity contribution is 5.69. The minimum absolute atomic E-state index is 0.104. The summed E-state index contributed by atoms with van der Waals surface area (Å²) in [5.74, 6) is -0.104. The van der Waals surface area contributed by atoms with Gasteiger partial charge in [0.2, 0.25) is 0 Å². The van der Waals surface area contributed by atoms with E-state index in [1.54, 1.807) is 0 Å². The first-order chi connectivity index (χ1) is 7.81. The zero-order valence-corrected chi connectivity index (χ0v) is 10.0. The van der Waals surface area contributed by atoms with Gasteiger partial charge in [0.1, 0.15) is 0 Å². The van der Waals surface area contributed by atoms with Crippen LogP contribution in [0.1, 0.15) is 45.4 Å². The van der Waals surface area contributed by atoms with Gasteiger partial charge in [0, 0.05) is 13.0 Å². The Hall–Kier alpha value is -1.08. The number of carbonyl (C=O) groups excluding carboxylic acids is 1. The molecule has 92 valence electrons. The fourth-order valence-corrected chi connectivity index (χ4v) is 1.11. The van der Waals surface area contributed by atoms with E-state index in [1.807, 2.05) is 13.0 Å². The summed E-state index contributed by atoms with van der Waals surface area (Å²) in [6.07, 6.45) is 4.57. The van der Waals surface area contributed by atoms with Crippen LogP contribution in [0.3, 0.4) is 0 Å². The van der Waals surface area contributed by atoms with E-state index >= 15 is 0 Å². The first-order valence-corrected chi connectivity index (χ1v) is 5.91. The Morgan fingerprint density at radius 3 is 2.62 bits per heavy atom. The summed E-state index contributed by atoms with van der Waals surface area (Å²) in [6.45, 7) is 3.65. The number of unbranched alkanes of at least 4 members (excludes halogenated alkanes) is 2. The summed E-state index contributed by atoms with van der Waals surface area (Å²) in [7, 11) is 0. The molecular formula is C12H21NO3. The Morgan fingerprint density at radius 2 is 1.94 bits per heavy atom. The smallest absolute Gasteiger partial charge is 0.305 e. The summed E-state index contributed by atoms with van der Waals surface area (Å²) in [5, 5.41) is 8.25. The van der Waals surface area contributed by atoms with E-state index in [9.17, 15) is 4.79 Å². The van der Waals surface area contributed by atoms with Crippen molar-refractivity contribution in [1.29, 1.82) is 5.26 Å². The van der Waals surface area contributed by atoms with E-state index in [2.05, 4.69) is 0 Å². The van der Waals surface area contributed by atoms with Crippen molar-refractivity contribution in [2.45, 2.75) is 45.4 Å². The largest absolute Gasteiger partial charge is 0.466 e. The molecule has 0 aliphatic heterocycles. The molecule has 0 aliphatic carbocycles.